The predicted molar refractivity (Wildman–Crippen MR) is 50.4 cm³/mol. The van der Waals surface area contributed by atoms with E-state index in [9.17, 15) is 18.9 Å². The van der Waals surface area contributed by atoms with Gasteiger partial charge in [-0.15, -0.1) is 0 Å². The SMILES string of the molecule is CC(c1ccccc1[N+](=O)[O-])S(=O)[O-]. The van der Waals surface area contributed by atoms with E-state index in [1.807, 2.05) is 0 Å². The lowest BCUT2D eigenvalue weighted by molar-refractivity contribution is -0.385. The molecule has 1 rings (SSSR count). The molecule has 5 nitrogen and oxygen atoms in total. The van der Waals surface area contributed by atoms with Gasteiger partial charge in [-0.3, -0.25) is 14.3 Å². The molecule has 0 aliphatic heterocycles. The van der Waals surface area contributed by atoms with Crippen molar-refractivity contribution < 1.29 is 13.7 Å². The monoisotopic (exact) mass is 214 g/mol. The molecule has 0 bridgehead atoms. The molecule has 0 aliphatic rings. The van der Waals surface area contributed by atoms with E-state index in [0.717, 1.165) is 0 Å². The van der Waals surface area contributed by atoms with Crippen molar-refractivity contribution in [3.8, 4) is 0 Å². The minimum Gasteiger partial charge on any atom is -0.772 e. The van der Waals surface area contributed by atoms with E-state index < -0.39 is 21.3 Å². The second kappa shape index (κ2) is 4.30. The zero-order valence-corrected chi connectivity index (χ0v) is 8.19. The smallest absolute Gasteiger partial charge is 0.273 e. The Bertz CT molecular complexity index is 379. The molecular formula is C8H8NO4S-. The first-order chi connectivity index (χ1) is 6.54. The Morgan fingerprint density at radius 1 is 1.43 bits per heavy atom. The summed E-state index contributed by atoms with van der Waals surface area (Å²) in [6.45, 7) is 1.41. The van der Waals surface area contributed by atoms with E-state index in [2.05, 4.69) is 0 Å². The molecule has 0 amide bonds. The molecule has 0 radical (unpaired) electrons. The number of nitro benzene ring substituents is 1. The number of nitrogens with zero attached hydrogens (tertiary/aromatic N) is 1. The molecule has 6 heteroatoms. The summed E-state index contributed by atoms with van der Waals surface area (Å²) >= 11 is -2.34. The van der Waals surface area contributed by atoms with Crippen molar-refractivity contribution >= 4 is 16.8 Å². The van der Waals surface area contributed by atoms with Gasteiger partial charge in [-0.25, -0.2) is 0 Å². The quantitative estimate of drug-likeness (QED) is 0.434. The Morgan fingerprint density at radius 2 is 2.00 bits per heavy atom. The maximum Gasteiger partial charge on any atom is 0.273 e. The summed E-state index contributed by atoms with van der Waals surface area (Å²) in [4.78, 5) is 9.97. The van der Waals surface area contributed by atoms with Gasteiger partial charge in [0, 0.05) is 11.6 Å². The van der Waals surface area contributed by atoms with Crippen LogP contribution in [-0.2, 0) is 11.1 Å². The van der Waals surface area contributed by atoms with E-state index in [-0.39, 0.29) is 11.3 Å². The molecule has 1 aromatic rings. The van der Waals surface area contributed by atoms with Crippen LogP contribution in [0.25, 0.3) is 0 Å². The second-order valence-corrected chi connectivity index (χ2v) is 3.95. The van der Waals surface area contributed by atoms with E-state index in [4.69, 9.17) is 0 Å². The van der Waals surface area contributed by atoms with Crippen LogP contribution in [0.2, 0.25) is 0 Å². The molecule has 76 valence electrons. The maximum absolute atomic E-state index is 10.7. The minimum absolute atomic E-state index is 0.163. The lowest BCUT2D eigenvalue weighted by Gasteiger charge is -2.14. The Balaban J connectivity index is 3.19. The first-order valence-corrected chi connectivity index (χ1v) is 4.99. The van der Waals surface area contributed by atoms with Crippen LogP contribution in [0, 0.1) is 10.1 Å². The van der Waals surface area contributed by atoms with Gasteiger partial charge in [0.05, 0.1) is 10.2 Å². The third-order valence-electron chi connectivity index (χ3n) is 1.86. The number of para-hydroxylation sites is 1. The summed E-state index contributed by atoms with van der Waals surface area (Å²) in [5.74, 6) is 0. The number of hydrogen-bond acceptors (Lipinski definition) is 4. The number of nitro groups is 1. The van der Waals surface area contributed by atoms with E-state index >= 15 is 0 Å². The van der Waals surface area contributed by atoms with E-state index in [1.165, 1.54) is 25.1 Å². The van der Waals surface area contributed by atoms with Crippen LogP contribution < -0.4 is 0 Å². The molecule has 0 saturated carbocycles. The fourth-order valence-corrected chi connectivity index (χ4v) is 1.51. The van der Waals surface area contributed by atoms with Gasteiger partial charge in [0.25, 0.3) is 5.69 Å². The van der Waals surface area contributed by atoms with Crippen LogP contribution in [-0.4, -0.2) is 13.7 Å². The molecule has 0 N–H and O–H groups in total. The number of rotatable bonds is 3. The molecule has 1 aromatic carbocycles. The van der Waals surface area contributed by atoms with Gasteiger partial charge in [0.1, 0.15) is 0 Å². The molecule has 0 heterocycles. The summed E-state index contributed by atoms with van der Waals surface area (Å²) in [6, 6.07) is 5.81. The molecule has 0 saturated heterocycles. The molecule has 0 aliphatic carbocycles. The van der Waals surface area contributed by atoms with Gasteiger partial charge in [-0.2, -0.15) is 0 Å². The third kappa shape index (κ3) is 2.15. The Hall–Kier alpha value is -1.27. The van der Waals surface area contributed by atoms with Crippen LogP contribution >= 0.6 is 0 Å². The molecule has 2 atom stereocenters. The number of hydrogen-bond donors (Lipinski definition) is 0. The molecule has 0 fully saturated rings. The second-order valence-electron chi connectivity index (χ2n) is 2.72. The van der Waals surface area contributed by atoms with Gasteiger partial charge >= 0.3 is 0 Å². The summed E-state index contributed by atoms with van der Waals surface area (Å²) in [5, 5.41) is 9.69. The average molecular weight is 214 g/mol. The fourth-order valence-electron chi connectivity index (χ4n) is 1.10. The third-order valence-corrected chi connectivity index (χ3v) is 2.69. The van der Waals surface area contributed by atoms with Crippen LogP contribution in [0.3, 0.4) is 0 Å². The minimum atomic E-state index is -2.34. The summed E-state index contributed by atoms with van der Waals surface area (Å²) < 4.78 is 21.3. The van der Waals surface area contributed by atoms with Crippen molar-refractivity contribution in [3.63, 3.8) is 0 Å². The van der Waals surface area contributed by atoms with Crippen molar-refractivity contribution in [2.75, 3.05) is 0 Å². The zero-order valence-electron chi connectivity index (χ0n) is 7.38. The molecular weight excluding hydrogens is 206 g/mol. The van der Waals surface area contributed by atoms with Gasteiger partial charge < -0.3 is 4.55 Å². The van der Waals surface area contributed by atoms with Crippen molar-refractivity contribution in [2.24, 2.45) is 0 Å². The largest absolute Gasteiger partial charge is 0.772 e. The molecule has 0 aromatic heterocycles. The van der Waals surface area contributed by atoms with Gasteiger partial charge in [0.2, 0.25) is 0 Å². The normalized spacial score (nSPS) is 14.7. The maximum atomic E-state index is 10.7. The molecule has 2 unspecified atom stereocenters. The Morgan fingerprint density at radius 3 is 2.50 bits per heavy atom. The Labute approximate surface area is 83.2 Å². The summed E-state index contributed by atoms with van der Waals surface area (Å²) in [7, 11) is 0. The van der Waals surface area contributed by atoms with Crippen molar-refractivity contribution in [1.82, 2.24) is 0 Å². The van der Waals surface area contributed by atoms with Gasteiger partial charge in [-0.1, -0.05) is 18.2 Å². The molecule has 14 heavy (non-hydrogen) atoms. The van der Waals surface area contributed by atoms with Crippen LogP contribution in [0.15, 0.2) is 24.3 Å². The highest BCUT2D eigenvalue weighted by molar-refractivity contribution is 7.79. The highest BCUT2D eigenvalue weighted by Crippen LogP contribution is 2.27. The van der Waals surface area contributed by atoms with E-state index in [1.54, 1.807) is 6.07 Å². The van der Waals surface area contributed by atoms with Crippen molar-refractivity contribution in [2.45, 2.75) is 12.2 Å². The lowest BCUT2D eigenvalue weighted by atomic mass is 10.1. The summed E-state index contributed by atoms with van der Waals surface area (Å²) in [5.41, 5.74) is 0.0510. The zero-order chi connectivity index (χ0) is 10.7. The fraction of sp³-hybridized carbons (Fsp3) is 0.250. The topological polar surface area (TPSA) is 83.3 Å². The van der Waals surface area contributed by atoms with Crippen molar-refractivity contribution in [1.29, 1.82) is 0 Å². The average Bonchev–Trinajstić information content (AvgIpc) is 2.16. The number of benzene rings is 1. The highest BCUT2D eigenvalue weighted by Gasteiger charge is 2.18. The predicted octanol–water partition coefficient (Wildman–Crippen LogP) is 1.53. The first kappa shape index (κ1) is 10.8. The molecule has 0 spiro atoms. The van der Waals surface area contributed by atoms with Crippen LogP contribution in [0.4, 0.5) is 5.69 Å². The van der Waals surface area contributed by atoms with Gasteiger partial charge in [0.15, 0.2) is 0 Å². The van der Waals surface area contributed by atoms with Crippen LogP contribution in [0.5, 0.6) is 0 Å². The highest BCUT2D eigenvalue weighted by atomic mass is 32.2. The Kier molecular flexibility index (Phi) is 3.32. The van der Waals surface area contributed by atoms with E-state index in [0.29, 0.717) is 0 Å². The van der Waals surface area contributed by atoms with Gasteiger partial charge in [-0.05, 0) is 18.0 Å². The summed E-state index contributed by atoms with van der Waals surface area (Å²) in [6.07, 6.45) is 0. The lowest BCUT2D eigenvalue weighted by Crippen LogP contribution is -2.04. The first-order valence-electron chi connectivity index (χ1n) is 3.85. The van der Waals surface area contributed by atoms with Crippen molar-refractivity contribution in [3.05, 3.63) is 39.9 Å². The standard InChI is InChI=1S/C8H9NO4S/c1-6(14(12)13)7-4-2-3-5-8(7)9(10)11/h2-6H,1H3,(H,12,13)/p-1. The van der Waals surface area contributed by atoms with Crippen LogP contribution in [0.1, 0.15) is 17.7 Å².